The van der Waals surface area contributed by atoms with Gasteiger partial charge in [-0.05, 0) is 6.07 Å². The number of carboxylic acid groups (broad SMARTS) is 1. The third-order valence-electron chi connectivity index (χ3n) is 2.05. The largest absolute Gasteiger partial charge is 0.480 e. The lowest BCUT2D eigenvalue weighted by molar-refractivity contribution is -0.385. The first kappa shape index (κ1) is 15.8. The summed E-state index contributed by atoms with van der Waals surface area (Å²) in [6, 6.07) is 1.08. The Morgan fingerprint density at radius 3 is 2.85 bits per heavy atom. The molecule has 0 fully saturated rings. The minimum atomic E-state index is -1.13. The summed E-state index contributed by atoms with van der Waals surface area (Å²) in [5.74, 6) is -1.85. The number of carbonyl (C=O) groups is 2. The summed E-state index contributed by atoms with van der Waals surface area (Å²) in [4.78, 5) is 35.4. The second kappa shape index (κ2) is 7.36. The molecule has 0 radical (unpaired) electrons. The van der Waals surface area contributed by atoms with Gasteiger partial charge in [-0.2, -0.15) is 0 Å². The summed E-state index contributed by atoms with van der Waals surface area (Å²) in [6.07, 6.45) is 0.887. The highest BCUT2D eigenvalue weighted by atomic mass is 35.5. The predicted octanol–water partition coefficient (Wildman–Crippen LogP) is 0.474. The molecule has 0 saturated carbocycles. The van der Waals surface area contributed by atoms with Crippen LogP contribution in [0.5, 0.6) is 0 Å². The molecule has 0 atom stereocenters. The minimum Gasteiger partial charge on any atom is -0.480 e. The number of carbonyl (C=O) groups excluding carboxylic acids is 1. The van der Waals surface area contributed by atoms with Gasteiger partial charge in [-0.1, -0.05) is 11.6 Å². The molecule has 2 N–H and O–H groups in total. The van der Waals surface area contributed by atoms with E-state index in [1.165, 1.54) is 0 Å². The summed E-state index contributed by atoms with van der Waals surface area (Å²) >= 11 is 5.58. The van der Waals surface area contributed by atoms with Crippen LogP contribution in [0.3, 0.4) is 0 Å². The number of halogens is 1. The van der Waals surface area contributed by atoms with E-state index in [1.807, 2.05) is 0 Å². The number of aliphatic carboxylic acids is 1. The highest BCUT2D eigenvalue weighted by Gasteiger charge is 2.21. The van der Waals surface area contributed by atoms with Crippen LogP contribution in [0.15, 0.2) is 12.3 Å². The Kier molecular flexibility index (Phi) is 5.81. The summed E-state index contributed by atoms with van der Waals surface area (Å²) in [5, 5.41) is 21.4. The first-order valence-electron chi connectivity index (χ1n) is 5.29. The number of amides is 1. The molecule has 0 aromatic carbocycles. The zero-order valence-electron chi connectivity index (χ0n) is 10.0. The van der Waals surface area contributed by atoms with Crippen molar-refractivity contribution >= 4 is 29.2 Å². The number of nitrogens with zero attached hydrogens (tertiary/aromatic N) is 2. The molecule has 0 bridgehead atoms. The summed E-state index contributed by atoms with van der Waals surface area (Å²) in [7, 11) is 0. The molecule has 0 spiro atoms. The van der Waals surface area contributed by atoms with E-state index in [-0.39, 0.29) is 23.9 Å². The second-order valence-electron chi connectivity index (χ2n) is 3.48. The maximum absolute atomic E-state index is 11.7. The van der Waals surface area contributed by atoms with E-state index < -0.39 is 29.1 Å². The number of carboxylic acids is 1. The zero-order valence-corrected chi connectivity index (χ0v) is 10.8. The molecule has 0 aliphatic rings. The Balaban J connectivity index is 2.61. The number of hydrogen-bond donors (Lipinski definition) is 2. The number of pyridine rings is 1. The van der Waals surface area contributed by atoms with Crippen molar-refractivity contribution in [2.45, 2.75) is 0 Å². The summed E-state index contributed by atoms with van der Waals surface area (Å²) in [6.45, 7) is -0.523. The molecule has 9 nitrogen and oxygen atoms in total. The van der Waals surface area contributed by atoms with Gasteiger partial charge in [-0.25, -0.2) is 9.78 Å². The molecule has 1 rings (SSSR count). The first-order chi connectivity index (χ1) is 9.41. The van der Waals surface area contributed by atoms with Gasteiger partial charge in [0.15, 0.2) is 0 Å². The van der Waals surface area contributed by atoms with E-state index >= 15 is 0 Å². The van der Waals surface area contributed by atoms with Crippen LogP contribution < -0.4 is 5.32 Å². The molecule has 0 unspecified atom stereocenters. The van der Waals surface area contributed by atoms with Crippen molar-refractivity contribution < 1.29 is 24.4 Å². The Bertz CT molecular complexity index is 536. The van der Waals surface area contributed by atoms with Gasteiger partial charge in [-0.3, -0.25) is 14.9 Å². The SMILES string of the molecule is O=C(O)COCCNC(=O)c1cc(Cl)ncc1[N+](=O)[O-]. The molecular formula is C10H10ClN3O6. The van der Waals surface area contributed by atoms with Crippen molar-refractivity contribution in [2.75, 3.05) is 19.8 Å². The molecule has 1 heterocycles. The normalized spacial score (nSPS) is 10.1. The molecule has 1 amide bonds. The number of nitro groups is 1. The quantitative estimate of drug-likeness (QED) is 0.324. The van der Waals surface area contributed by atoms with E-state index in [1.54, 1.807) is 0 Å². The molecule has 108 valence electrons. The maximum atomic E-state index is 11.7. The minimum absolute atomic E-state index is 0.00318. The van der Waals surface area contributed by atoms with Crippen LogP contribution in [0, 0.1) is 10.1 Å². The third kappa shape index (κ3) is 4.78. The van der Waals surface area contributed by atoms with Gasteiger partial charge < -0.3 is 15.2 Å². The number of ether oxygens (including phenoxy) is 1. The molecular weight excluding hydrogens is 294 g/mol. The number of nitrogens with one attached hydrogen (secondary N) is 1. The van der Waals surface area contributed by atoms with Crippen LogP contribution in [-0.2, 0) is 9.53 Å². The smallest absolute Gasteiger partial charge is 0.329 e. The fourth-order valence-electron chi connectivity index (χ4n) is 1.24. The van der Waals surface area contributed by atoms with Gasteiger partial charge in [-0.15, -0.1) is 0 Å². The number of hydrogen-bond acceptors (Lipinski definition) is 6. The molecule has 0 saturated heterocycles. The molecule has 0 aliphatic carbocycles. The van der Waals surface area contributed by atoms with E-state index in [4.69, 9.17) is 21.4 Å². The Morgan fingerprint density at radius 1 is 1.55 bits per heavy atom. The standard InChI is InChI=1S/C10H10ClN3O6/c11-8-3-6(7(4-13-8)14(18)19)10(17)12-1-2-20-5-9(15)16/h3-4H,1-2,5H2,(H,12,17)(H,15,16). The lowest BCUT2D eigenvalue weighted by Crippen LogP contribution is -2.28. The zero-order chi connectivity index (χ0) is 15.1. The van der Waals surface area contributed by atoms with Crippen LogP contribution in [0.1, 0.15) is 10.4 Å². The highest BCUT2D eigenvalue weighted by molar-refractivity contribution is 6.29. The fraction of sp³-hybridized carbons (Fsp3) is 0.300. The molecule has 1 aromatic rings. The van der Waals surface area contributed by atoms with Crippen LogP contribution >= 0.6 is 11.6 Å². The topological polar surface area (TPSA) is 132 Å². The third-order valence-corrected chi connectivity index (χ3v) is 2.26. The fourth-order valence-corrected chi connectivity index (χ4v) is 1.40. The Hall–Kier alpha value is -2.26. The van der Waals surface area contributed by atoms with Gasteiger partial charge >= 0.3 is 5.97 Å². The van der Waals surface area contributed by atoms with Crippen LogP contribution in [0.4, 0.5) is 5.69 Å². The average molecular weight is 304 g/mol. The highest BCUT2D eigenvalue weighted by Crippen LogP contribution is 2.19. The molecule has 1 aromatic heterocycles. The van der Waals surface area contributed by atoms with Gasteiger partial charge in [0.1, 0.15) is 23.5 Å². The van der Waals surface area contributed by atoms with Gasteiger partial charge in [0.05, 0.1) is 11.5 Å². The van der Waals surface area contributed by atoms with Gasteiger partial charge in [0, 0.05) is 6.54 Å². The monoisotopic (exact) mass is 303 g/mol. The first-order valence-corrected chi connectivity index (χ1v) is 5.67. The van der Waals surface area contributed by atoms with Gasteiger partial charge in [0.2, 0.25) is 0 Å². The van der Waals surface area contributed by atoms with Crippen LogP contribution in [0.25, 0.3) is 0 Å². The molecule has 0 aliphatic heterocycles. The lowest BCUT2D eigenvalue weighted by atomic mass is 10.2. The average Bonchev–Trinajstić information content (AvgIpc) is 2.37. The summed E-state index contributed by atoms with van der Waals surface area (Å²) in [5.41, 5.74) is -0.702. The second-order valence-corrected chi connectivity index (χ2v) is 3.87. The van der Waals surface area contributed by atoms with E-state index in [0.29, 0.717) is 0 Å². The van der Waals surface area contributed by atoms with Crippen LogP contribution in [0.2, 0.25) is 5.15 Å². The van der Waals surface area contributed by atoms with Gasteiger partial charge in [0.25, 0.3) is 11.6 Å². The van der Waals surface area contributed by atoms with Crippen molar-refractivity contribution in [3.63, 3.8) is 0 Å². The lowest BCUT2D eigenvalue weighted by Gasteiger charge is -2.06. The maximum Gasteiger partial charge on any atom is 0.329 e. The van der Waals surface area contributed by atoms with Crippen LogP contribution in [-0.4, -0.2) is 46.6 Å². The van der Waals surface area contributed by atoms with E-state index in [9.17, 15) is 19.7 Å². The number of aromatic nitrogens is 1. The summed E-state index contributed by atoms with van der Waals surface area (Å²) < 4.78 is 4.70. The predicted molar refractivity (Wildman–Crippen MR) is 66.7 cm³/mol. The van der Waals surface area contributed by atoms with E-state index in [0.717, 1.165) is 12.3 Å². The van der Waals surface area contributed by atoms with Crippen molar-refractivity contribution in [3.8, 4) is 0 Å². The van der Waals surface area contributed by atoms with Crippen molar-refractivity contribution in [1.82, 2.24) is 10.3 Å². The number of rotatable bonds is 7. The Labute approximate surface area is 117 Å². The molecule has 10 heteroatoms. The Morgan fingerprint density at radius 2 is 2.25 bits per heavy atom. The molecule has 20 heavy (non-hydrogen) atoms. The van der Waals surface area contributed by atoms with Crippen molar-refractivity contribution in [2.24, 2.45) is 0 Å². The van der Waals surface area contributed by atoms with Crippen molar-refractivity contribution in [1.29, 1.82) is 0 Å². The van der Waals surface area contributed by atoms with E-state index in [2.05, 4.69) is 10.3 Å². The van der Waals surface area contributed by atoms with Crippen molar-refractivity contribution in [3.05, 3.63) is 33.1 Å².